The highest BCUT2D eigenvalue weighted by atomic mass is 32.2. The minimum atomic E-state index is -3.64. The molecule has 0 spiro atoms. The van der Waals surface area contributed by atoms with Crippen LogP contribution in [0.25, 0.3) is 0 Å². The molecule has 1 heterocycles. The van der Waals surface area contributed by atoms with Crippen LogP contribution < -0.4 is 11.1 Å². The van der Waals surface area contributed by atoms with E-state index in [-0.39, 0.29) is 27.0 Å². The molecule has 3 rings (SSSR count). The molecule has 30 heavy (non-hydrogen) atoms. The lowest BCUT2D eigenvalue weighted by molar-refractivity contribution is 0.104. The maximum Gasteiger partial charge on any atom is 0.205 e. The largest absolute Gasteiger partial charge is 0.396 e. The highest BCUT2D eigenvalue weighted by molar-refractivity contribution is 7.92. The number of rotatable bonds is 8. The van der Waals surface area contributed by atoms with Crippen molar-refractivity contribution in [1.82, 2.24) is 0 Å². The van der Waals surface area contributed by atoms with Crippen molar-refractivity contribution in [2.75, 3.05) is 16.8 Å². The van der Waals surface area contributed by atoms with E-state index in [2.05, 4.69) is 12.2 Å². The van der Waals surface area contributed by atoms with Gasteiger partial charge in [0, 0.05) is 11.3 Å². The van der Waals surface area contributed by atoms with Crippen molar-refractivity contribution in [1.29, 1.82) is 0 Å². The molecule has 0 aliphatic heterocycles. The first kappa shape index (κ1) is 22.1. The lowest BCUT2D eigenvalue weighted by Crippen LogP contribution is -2.10. The fourth-order valence-corrected chi connectivity index (χ4v) is 6.23. The van der Waals surface area contributed by atoms with Gasteiger partial charge in [0.1, 0.15) is 14.8 Å². The zero-order valence-corrected chi connectivity index (χ0v) is 19.0. The minimum absolute atomic E-state index is 0.0179. The summed E-state index contributed by atoms with van der Waals surface area (Å²) in [4.78, 5) is 13.3. The molecule has 2 aromatic carbocycles. The number of nitrogens with two attached hydrogens (primary N) is 1. The van der Waals surface area contributed by atoms with Crippen LogP contribution in [0.4, 0.5) is 16.4 Å². The monoisotopic (exact) mass is 442 g/mol. The van der Waals surface area contributed by atoms with Crippen LogP contribution in [-0.2, 0) is 16.3 Å². The summed E-state index contributed by atoms with van der Waals surface area (Å²) in [7, 11) is -3.64. The maximum atomic E-state index is 13.1. The molecule has 0 amide bonds. The van der Waals surface area contributed by atoms with E-state index in [1.54, 1.807) is 19.1 Å². The van der Waals surface area contributed by atoms with E-state index < -0.39 is 9.84 Å². The molecule has 3 aromatic rings. The van der Waals surface area contributed by atoms with Crippen LogP contribution in [0, 0.1) is 6.92 Å². The molecular weight excluding hydrogens is 416 g/mol. The van der Waals surface area contributed by atoms with Gasteiger partial charge in [-0.05, 0) is 37.5 Å². The lowest BCUT2D eigenvalue weighted by Gasteiger charge is -2.09. The van der Waals surface area contributed by atoms with Gasteiger partial charge in [0.2, 0.25) is 5.78 Å². The first-order chi connectivity index (χ1) is 14.3. The smallest absolute Gasteiger partial charge is 0.205 e. The van der Waals surface area contributed by atoms with Gasteiger partial charge in [-0.1, -0.05) is 55.8 Å². The van der Waals surface area contributed by atoms with E-state index in [4.69, 9.17) is 5.73 Å². The predicted octanol–water partition coefficient (Wildman–Crippen LogP) is 5.36. The number of nitrogen functional groups attached to an aromatic ring is 1. The van der Waals surface area contributed by atoms with Crippen LogP contribution >= 0.6 is 11.3 Å². The summed E-state index contributed by atoms with van der Waals surface area (Å²) in [6.45, 7) is 5.81. The molecule has 0 saturated carbocycles. The number of ketones is 1. The average Bonchev–Trinajstić information content (AvgIpc) is 3.05. The molecule has 7 heteroatoms. The van der Waals surface area contributed by atoms with Gasteiger partial charge in [-0.2, -0.15) is 0 Å². The molecule has 0 radical (unpaired) electrons. The molecule has 5 nitrogen and oxygen atoms in total. The van der Waals surface area contributed by atoms with Crippen molar-refractivity contribution in [3.05, 3.63) is 70.1 Å². The summed E-state index contributed by atoms with van der Waals surface area (Å²) in [5.41, 5.74) is 9.72. The van der Waals surface area contributed by atoms with Gasteiger partial charge in [-0.3, -0.25) is 4.79 Å². The third-order valence-corrected chi connectivity index (χ3v) is 8.06. The third kappa shape index (κ3) is 4.57. The second-order valence-corrected chi connectivity index (χ2v) is 10.3. The van der Waals surface area contributed by atoms with Gasteiger partial charge in [0.15, 0.2) is 9.84 Å². The van der Waals surface area contributed by atoms with E-state index in [9.17, 15) is 13.2 Å². The number of benzene rings is 2. The Morgan fingerprint density at radius 2 is 1.67 bits per heavy atom. The minimum Gasteiger partial charge on any atom is -0.396 e. The number of carbonyl (C=O) groups is 1. The second-order valence-electron chi connectivity index (χ2n) is 7.19. The van der Waals surface area contributed by atoms with Gasteiger partial charge < -0.3 is 11.1 Å². The summed E-state index contributed by atoms with van der Waals surface area (Å²) < 4.78 is 25.9. The Morgan fingerprint density at radius 3 is 2.23 bits per heavy atom. The number of thiophene rings is 1. The van der Waals surface area contributed by atoms with Crippen LogP contribution in [-0.4, -0.2) is 20.0 Å². The van der Waals surface area contributed by atoms with Gasteiger partial charge in [-0.25, -0.2) is 8.42 Å². The zero-order chi connectivity index (χ0) is 21.9. The van der Waals surface area contributed by atoms with E-state index in [1.165, 1.54) is 5.56 Å². The van der Waals surface area contributed by atoms with Gasteiger partial charge in [0.25, 0.3) is 0 Å². The third-order valence-electron chi connectivity index (χ3n) is 4.82. The van der Waals surface area contributed by atoms with Crippen LogP contribution in [0.5, 0.6) is 0 Å². The molecule has 0 aliphatic rings. The van der Waals surface area contributed by atoms with Crippen LogP contribution in [0.3, 0.4) is 0 Å². The van der Waals surface area contributed by atoms with E-state index in [0.717, 1.165) is 29.0 Å². The van der Waals surface area contributed by atoms with Gasteiger partial charge >= 0.3 is 0 Å². The molecule has 0 aliphatic carbocycles. The number of anilines is 3. The normalized spacial score (nSPS) is 11.4. The molecule has 158 valence electrons. The fraction of sp³-hybridized carbons (Fsp3) is 0.261. The summed E-state index contributed by atoms with van der Waals surface area (Å²) in [5, 5.41) is 3.55. The van der Waals surface area contributed by atoms with Crippen LogP contribution in [0.1, 0.15) is 46.6 Å². The van der Waals surface area contributed by atoms with E-state index >= 15 is 0 Å². The van der Waals surface area contributed by atoms with Crippen molar-refractivity contribution in [3.8, 4) is 0 Å². The standard InChI is InChI=1S/C23H26N2O3S2/c1-4-14-30(27,28)22-19(24)21(20(26)17-10-6-15(3)7-11-17)29-23(22)25-18-12-8-16(5-2)9-13-18/h6-13,25H,4-5,14,24H2,1-3H3. The maximum absolute atomic E-state index is 13.1. The highest BCUT2D eigenvalue weighted by Gasteiger charge is 2.29. The lowest BCUT2D eigenvalue weighted by atomic mass is 10.1. The first-order valence-electron chi connectivity index (χ1n) is 9.89. The molecule has 0 bridgehead atoms. The topological polar surface area (TPSA) is 89.3 Å². The van der Waals surface area contributed by atoms with E-state index in [0.29, 0.717) is 17.0 Å². The zero-order valence-electron chi connectivity index (χ0n) is 17.4. The summed E-state index contributed by atoms with van der Waals surface area (Å²) in [6.07, 6.45) is 1.38. The summed E-state index contributed by atoms with van der Waals surface area (Å²) in [5.74, 6) is -0.310. The number of nitrogens with one attached hydrogen (secondary N) is 1. The Hall–Kier alpha value is -2.64. The molecule has 0 saturated heterocycles. The van der Waals surface area contributed by atoms with Gasteiger partial charge in [0.05, 0.1) is 11.4 Å². The second kappa shape index (κ2) is 9.02. The number of sulfone groups is 1. The van der Waals surface area contributed by atoms with Crippen molar-refractivity contribution >= 4 is 43.3 Å². The molecule has 0 fully saturated rings. The number of hydrogen-bond donors (Lipinski definition) is 2. The number of hydrogen-bond acceptors (Lipinski definition) is 6. The molecule has 1 aromatic heterocycles. The summed E-state index contributed by atoms with van der Waals surface area (Å²) >= 11 is 1.09. The number of carbonyl (C=O) groups excluding carboxylic acids is 1. The first-order valence-corrected chi connectivity index (χ1v) is 12.4. The van der Waals surface area contributed by atoms with Gasteiger partial charge in [-0.15, -0.1) is 11.3 Å². The Balaban J connectivity index is 2.08. The average molecular weight is 443 g/mol. The Bertz CT molecular complexity index is 1150. The van der Waals surface area contributed by atoms with E-state index in [1.807, 2.05) is 43.3 Å². The molecule has 3 N–H and O–H groups in total. The molecule has 0 unspecified atom stereocenters. The SMILES string of the molecule is CCCS(=O)(=O)c1c(Nc2ccc(CC)cc2)sc(C(=O)c2ccc(C)cc2)c1N. The van der Waals surface area contributed by atoms with Crippen LogP contribution in [0.15, 0.2) is 53.4 Å². The van der Waals surface area contributed by atoms with Crippen molar-refractivity contribution < 1.29 is 13.2 Å². The van der Waals surface area contributed by atoms with Crippen molar-refractivity contribution in [3.63, 3.8) is 0 Å². The Labute approximate surface area is 181 Å². The van der Waals surface area contributed by atoms with Crippen molar-refractivity contribution in [2.24, 2.45) is 0 Å². The van der Waals surface area contributed by atoms with Crippen LogP contribution in [0.2, 0.25) is 0 Å². The Morgan fingerprint density at radius 1 is 1.03 bits per heavy atom. The Kier molecular flexibility index (Phi) is 6.63. The number of aryl methyl sites for hydroxylation is 2. The highest BCUT2D eigenvalue weighted by Crippen LogP contribution is 2.42. The quantitative estimate of drug-likeness (QED) is 0.459. The summed E-state index contributed by atoms with van der Waals surface area (Å²) in [6, 6.07) is 14.9. The molecule has 0 atom stereocenters. The fourth-order valence-electron chi connectivity index (χ4n) is 3.15. The van der Waals surface area contributed by atoms with Crippen molar-refractivity contribution in [2.45, 2.75) is 38.5 Å². The molecular formula is C23H26N2O3S2. The predicted molar refractivity (Wildman–Crippen MR) is 125 cm³/mol.